The van der Waals surface area contributed by atoms with Crippen LogP contribution in [0, 0.1) is 6.92 Å². The van der Waals surface area contributed by atoms with Gasteiger partial charge in [0.15, 0.2) is 5.11 Å². The van der Waals surface area contributed by atoms with Gasteiger partial charge in [-0.05, 0) is 31.3 Å². The summed E-state index contributed by atoms with van der Waals surface area (Å²) in [7, 11) is 1.24. The molecule has 0 aromatic heterocycles. The number of rotatable bonds is 4. The third kappa shape index (κ3) is 6.31. The van der Waals surface area contributed by atoms with Crippen molar-refractivity contribution in [3.8, 4) is 0 Å². The lowest BCUT2D eigenvalue weighted by Crippen LogP contribution is -2.48. The van der Waals surface area contributed by atoms with E-state index in [4.69, 9.17) is 12.2 Å². The van der Waals surface area contributed by atoms with E-state index < -0.39 is 11.9 Å². The lowest BCUT2D eigenvalue weighted by molar-refractivity contribution is -0.142. The van der Waals surface area contributed by atoms with Crippen LogP contribution in [0.5, 0.6) is 0 Å². The van der Waals surface area contributed by atoms with Gasteiger partial charge in [-0.2, -0.15) is 0 Å². The normalized spacial score (nSPS) is 9.55. The fourth-order valence-electron chi connectivity index (χ4n) is 1.43. The molecule has 0 spiro atoms. The summed E-state index contributed by atoms with van der Waals surface area (Å²) in [5.74, 6) is -1.32. The summed E-state index contributed by atoms with van der Waals surface area (Å²) in [6, 6.07) is 6.96. The van der Waals surface area contributed by atoms with Crippen LogP contribution in [0.2, 0.25) is 0 Å². The largest absolute Gasteiger partial charge is 0.469 e. The minimum absolute atomic E-state index is 0.0410. The second-order valence-electron chi connectivity index (χ2n) is 4.40. The number of ether oxygens (including phenoxy) is 1. The van der Waals surface area contributed by atoms with E-state index in [0.717, 1.165) is 5.56 Å². The molecule has 2 amide bonds. The minimum Gasteiger partial charge on any atom is -0.469 e. The Labute approximate surface area is 133 Å². The zero-order chi connectivity index (χ0) is 16.5. The number of amides is 2. The van der Waals surface area contributed by atoms with Crippen LogP contribution in [-0.4, -0.2) is 30.0 Å². The van der Waals surface area contributed by atoms with Gasteiger partial charge in [-0.1, -0.05) is 17.7 Å². The van der Waals surface area contributed by atoms with Crippen LogP contribution in [0.3, 0.4) is 0 Å². The lowest BCUT2D eigenvalue weighted by atomic mass is 10.1. The third-order valence-corrected chi connectivity index (χ3v) is 2.84. The van der Waals surface area contributed by atoms with E-state index >= 15 is 0 Å². The Balaban J connectivity index is 2.33. The molecule has 0 saturated carbocycles. The van der Waals surface area contributed by atoms with Crippen LogP contribution >= 0.6 is 12.2 Å². The molecule has 0 unspecified atom stereocenters. The summed E-state index contributed by atoms with van der Waals surface area (Å²) in [5, 5.41) is 2.27. The number of hydrogen-bond donors (Lipinski definition) is 3. The number of carbonyl (C=O) groups excluding carboxylic acids is 3. The Morgan fingerprint density at radius 3 is 2.32 bits per heavy atom. The molecule has 0 aliphatic carbocycles. The fourth-order valence-corrected chi connectivity index (χ4v) is 1.59. The van der Waals surface area contributed by atoms with Crippen molar-refractivity contribution < 1.29 is 19.1 Å². The van der Waals surface area contributed by atoms with E-state index in [1.165, 1.54) is 7.11 Å². The number of nitrogens with one attached hydrogen (secondary N) is 3. The monoisotopic (exact) mass is 323 g/mol. The molecule has 118 valence electrons. The van der Waals surface area contributed by atoms with Crippen molar-refractivity contribution >= 4 is 35.1 Å². The van der Waals surface area contributed by atoms with E-state index in [1.807, 2.05) is 19.1 Å². The first-order chi connectivity index (χ1) is 10.4. The van der Waals surface area contributed by atoms with E-state index in [2.05, 4.69) is 20.9 Å². The number of thiocarbonyl (C=S) groups is 1. The van der Waals surface area contributed by atoms with E-state index in [9.17, 15) is 14.4 Å². The molecule has 1 rings (SSSR count). The Morgan fingerprint density at radius 1 is 1.09 bits per heavy atom. The molecule has 7 nitrogen and oxygen atoms in total. The van der Waals surface area contributed by atoms with Gasteiger partial charge in [0.1, 0.15) is 0 Å². The van der Waals surface area contributed by atoms with Gasteiger partial charge < -0.3 is 10.1 Å². The Kier molecular flexibility index (Phi) is 6.97. The van der Waals surface area contributed by atoms with Gasteiger partial charge in [-0.15, -0.1) is 0 Å². The summed E-state index contributed by atoms with van der Waals surface area (Å²) in [4.78, 5) is 34.2. The van der Waals surface area contributed by atoms with Gasteiger partial charge in [0.25, 0.3) is 5.91 Å². The second kappa shape index (κ2) is 8.73. The molecule has 0 saturated heterocycles. The van der Waals surface area contributed by atoms with Gasteiger partial charge in [0.2, 0.25) is 5.91 Å². The van der Waals surface area contributed by atoms with Crippen molar-refractivity contribution in [3.63, 3.8) is 0 Å². The summed E-state index contributed by atoms with van der Waals surface area (Å²) < 4.78 is 4.42. The lowest BCUT2D eigenvalue weighted by Gasteiger charge is -2.10. The summed E-state index contributed by atoms with van der Waals surface area (Å²) in [5.41, 5.74) is 6.27. The minimum atomic E-state index is -0.485. The van der Waals surface area contributed by atoms with E-state index in [-0.39, 0.29) is 23.9 Å². The first kappa shape index (κ1) is 17.6. The maximum atomic E-state index is 11.8. The van der Waals surface area contributed by atoms with Crippen molar-refractivity contribution in [1.82, 2.24) is 16.2 Å². The topological polar surface area (TPSA) is 96.5 Å². The van der Waals surface area contributed by atoms with Crippen LogP contribution < -0.4 is 16.2 Å². The predicted octanol–water partition coefficient (Wildman–Crippen LogP) is 0.584. The molecule has 3 N–H and O–H groups in total. The summed E-state index contributed by atoms with van der Waals surface area (Å²) >= 11 is 4.85. The molecule has 8 heteroatoms. The van der Waals surface area contributed by atoms with Crippen LogP contribution in [0.25, 0.3) is 0 Å². The SMILES string of the molecule is COC(=O)CCC(=O)NC(=S)NNC(=O)c1ccc(C)cc1. The average Bonchev–Trinajstić information content (AvgIpc) is 2.50. The van der Waals surface area contributed by atoms with Crippen molar-refractivity contribution in [3.05, 3.63) is 35.4 Å². The Hall–Kier alpha value is -2.48. The first-order valence-electron chi connectivity index (χ1n) is 6.46. The molecule has 0 atom stereocenters. The third-order valence-electron chi connectivity index (χ3n) is 2.64. The number of hydrazine groups is 1. The molecule has 1 aromatic carbocycles. The highest BCUT2D eigenvalue weighted by Gasteiger charge is 2.09. The van der Waals surface area contributed by atoms with Gasteiger partial charge in [0, 0.05) is 12.0 Å². The Morgan fingerprint density at radius 2 is 1.73 bits per heavy atom. The summed E-state index contributed by atoms with van der Waals surface area (Å²) in [6.45, 7) is 1.92. The molecular formula is C14H17N3O4S. The number of methoxy groups -OCH3 is 1. The molecule has 0 heterocycles. The highest BCUT2D eigenvalue weighted by Crippen LogP contribution is 2.02. The number of hydrogen-bond acceptors (Lipinski definition) is 5. The molecule has 0 bridgehead atoms. The summed E-state index contributed by atoms with van der Waals surface area (Å²) in [6.07, 6.45) is -0.0962. The molecule has 0 fully saturated rings. The maximum Gasteiger partial charge on any atom is 0.306 e. The van der Waals surface area contributed by atoms with Gasteiger partial charge in [-0.25, -0.2) is 0 Å². The molecule has 0 radical (unpaired) electrons. The number of esters is 1. The van der Waals surface area contributed by atoms with Crippen molar-refractivity contribution in [2.75, 3.05) is 7.11 Å². The van der Waals surface area contributed by atoms with Crippen LogP contribution in [0.4, 0.5) is 0 Å². The van der Waals surface area contributed by atoms with Crippen molar-refractivity contribution in [2.24, 2.45) is 0 Å². The second-order valence-corrected chi connectivity index (χ2v) is 4.81. The smallest absolute Gasteiger partial charge is 0.306 e. The molecule has 22 heavy (non-hydrogen) atoms. The van der Waals surface area contributed by atoms with Gasteiger partial charge in [0.05, 0.1) is 13.5 Å². The highest BCUT2D eigenvalue weighted by molar-refractivity contribution is 7.80. The standard InChI is InChI=1S/C14H17N3O4S/c1-9-3-5-10(6-4-9)13(20)16-17-14(22)15-11(18)7-8-12(19)21-2/h3-6H,7-8H2,1-2H3,(H,16,20)(H2,15,17,18,22). The number of benzene rings is 1. The average molecular weight is 323 g/mol. The zero-order valence-corrected chi connectivity index (χ0v) is 13.1. The highest BCUT2D eigenvalue weighted by atomic mass is 32.1. The van der Waals surface area contributed by atoms with Crippen LogP contribution in [-0.2, 0) is 14.3 Å². The number of carbonyl (C=O) groups is 3. The predicted molar refractivity (Wildman–Crippen MR) is 83.8 cm³/mol. The molecule has 1 aromatic rings. The van der Waals surface area contributed by atoms with Crippen LogP contribution in [0.15, 0.2) is 24.3 Å². The fraction of sp³-hybridized carbons (Fsp3) is 0.286. The number of aryl methyl sites for hydroxylation is 1. The maximum absolute atomic E-state index is 11.8. The van der Waals surface area contributed by atoms with Crippen LogP contribution in [0.1, 0.15) is 28.8 Å². The quantitative estimate of drug-likeness (QED) is 0.426. The van der Waals surface area contributed by atoms with Crippen molar-refractivity contribution in [1.29, 1.82) is 0 Å². The molecular weight excluding hydrogens is 306 g/mol. The van der Waals surface area contributed by atoms with Gasteiger partial charge in [-0.3, -0.25) is 25.2 Å². The molecule has 0 aliphatic heterocycles. The van der Waals surface area contributed by atoms with E-state index in [0.29, 0.717) is 5.56 Å². The molecule has 0 aliphatic rings. The van der Waals surface area contributed by atoms with Gasteiger partial charge >= 0.3 is 5.97 Å². The Bertz CT molecular complexity index is 572. The first-order valence-corrected chi connectivity index (χ1v) is 6.87. The zero-order valence-electron chi connectivity index (χ0n) is 12.3. The van der Waals surface area contributed by atoms with E-state index in [1.54, 1.807) is 12.1 Å². The van der Waals surface area contributed by atoms with Crippen molar-refractivity contribution in [2.45, 2.75) is 19.8 Å².